The lowest BCUT2D eigenvalue weighted by molar-refractivity contribution is 0.518. The normalized spacial score (nSPS) is 11.8. The van der Waals surface area contributed by atoms with Crippen LogP contribution in [-0.4, -0.2) is 6.04 Å². The highest BCUT2D eigenvalue weighted by molar-refractivity contribution is 5.32. The molecule has 0 aliphatic rings. The number of benzene rings is 1. The number of hydrogen-bond acceptors (Lipinski definition) is 2. The van der Waals surface area contributed by atoms with Gasteiger partial charge in [0.2, 0.25) is 0 Å². The third kappa shape index (κ3) is 4.29. The van der Waals surface area contributed by atoms with Crippen LogP contribution in [0, 0.1) is 11.3 Å². The molecular formula is C14H18N2. The van der Waals surface area contributed by atoms with Crippen LogP contribution in [0.2, 0.25) is 0 Å². The fourth-order valence-corrected chi connectivity index (χ4v) is 1.51. The molecule has 0 amide bonds. The molecule has 0 heterocycles. The summed E-state index contributed by atoms with van der Waals surface area (Å²) in [5, 5.41) is 12.2. The zero-order chi connectivity index (χ0) is 11.8. The molecule has 0 radical (unpaired) electrons. The summed E-state index contributed by atoms with van der Waals surface area (Å²) >= 11 is 0. The van der Waals surface area contributed by atoms with E-state index in [-0.39, 0.29) is 0 Å². The first-order valence-electron chi connectivity index (χ1n) is 5.59. The van der Waals surface area contributed by atoms with Crippen LogP contribution < -0.4 is 5.32 Å². The third-order valence-corrected chi connectivity index (χ3v) is 2.51. The molecule has 2 heteroatoms. The Morgan fingerprint density at radius 2 is 2.38 bits per heavy atom. The summed E-state index contributed by atoms with van der Waals surface area (Å²) in [5.74, 6) is 0. The van der Waals surface area contributed by atoms with E-state index in [1.54, 1.807) is 0 Å². The molecule has 1 rings (SSSR count). The van der Waals surface area contributed by atoms with Crippen LogP contribution in [0.25, 0.3) is 0 Å². The Morgan fingerprint density at radius 3 is 3.06 bits per heavy atom. The average molecular weight is 214 g/mol. The Bertz CT molecular complexity index is 377. The zero-order valence-corrected chi connectivity index (χ0v) is 9.74. The lowest BCUT2D eigenvalue weighted by Gasteiger charge is -2.12. The third-order valence-electron chi connectivity index (χ3n) is 2.51. The molecule has 1 N–H and O–H groups in total. The fraction of sp³-hybridized carbons (Fsp3) is 0.357. The van der Waals surface area contributed by atoms with Crippen LogP contribution in [0.5, 0.6) is 0 Å². The van der Waals surface area contributed by atoms with Gasteiger partial charge in [-0.3, -0.25) is 0 Å². The molecule has 0 bridgehead atoms. The topological polar surface area (TPSA) is 35.8 Å². The maximum atomic E-state index is 8.77. The maximum Gasteiger partial charge on any atom is 0.0991 e. The van der Waals surface area contributed by atoms with Crippen molar-refractivity contribution in [3.8, 4) is 6.07 Å². The lowest BCUT2D eigenvalue weighted by atomic mass is 10.1. The summed E-state index contributed by atoms with van der Waals surface area (Å²) in [5.41, 5.74) is 1.88. The Kier molecular flexibility index (Phi) is 5.31. The highest BCUT2D eigenvalue weighted by Gasteiger charge is 2.00. The van der Waals surface area contributed by atoms with Crippen LogP contribution in [0.3, 0.4) is 0 Å². The standard InChI is InChI=1S/C14H18N2/c1-3-4-6-12(2)16-11-14-8-5-7-13(9-14)10-15/h3,5,7-9,12,16H,1,4,6,11H2,2H3. The van der Waals surface area contributed by atoms with Gasteiger partial charge >= 0.3 is 0 Å². The van der Waals surface area contributed by atoms with E-state index in [2.05, 4.69) is 24.9 Å². The molecule has 1 aromatic rings. The van der Waals surface area contributed by atoms with E-state index in [0.29, 0.717) is 6.04 Å². The first-order chi connectivity index (χ1) is 7.76. The van der Waals surface area contributed by atoms with E-state index in [9.17, 15) is 0 Å². The molecule has 1 unspecified atom stereocenters. The van der Waals surface area contributed by atoms with Gasteiger partial charge < -0.3 is 5.32 Å². The van der Waals surface area contributed by atoms with Crippen LogP contribution in [0.15, 0.2) is 36.9 Å². The summed E-state index contributed by atoms with van der Waals surface area (Å²) in [4.78, 5) is 0. The van der Waals surface area contributed by atoms with Gasteiger partial charge in [0, 0.05) is 12.6 Å². The maximum absolute atomic E-state index is 8.77. The molecule has 0 aliphatic carbocycles. The molecule has 0 saturated heterocycles. The second-order valence-electron chi connectivity index (χ2n) is 3.96. The molecule has 84 valence electrons. The predicted octanol–water partition coefficient (Wildman–Crippen LogP) is 3.00. The Balaban J connectivity index is 2.42. The van der Waals surface area contributed by atoms with Crippen molar-refractivity contribution >= 4 is 0 Å². The second kappa shape index (κ2) is 6.81. The van der Waals surface area contributed by atoms with Crippen molar-refractivity contribution in [2.75, 3.05) is 0 Å². The van der Waals surface area contributed by atoms with Gasteiger partial charge in [0.05, 0.1) is 11.6 Å². The van der Waals surface area contributed by atoms with Crippen molar-refractivity contribution in [1.29, 1.82) is 5.26 Å². The fourth-order valence-electron chi connectivity index (χ4n) is 1.51. The van der Waals surface area contributed by atoms with E-state index in [1.165, 1.54) is 0 Å². The van der Waals surface area contributed by atoms with Gasteiger partial charge in [0.25, 0.3) is 0 Å². The first-order valence-corrected chi connectivity index (χ1v) is 5.59. The molecule has 1 aromatic carbocycles. The lowest BCUT2D eigenvalue weighted by Crippen LogP contribution is -2.25. The summed E-state index contributed by atoms with van der Waals surface area (Å²) in [7, 11) is 0. The van der Waals surface area contributed by atoms with Gasteiger partial charge in [-0.2, -0.15) is 5.26 Å². The van der Waals surface area contributed by atoms with Gasteiger partial charge in [-0.05, 0) is 37.5 Å². The molecule has 16 heavy (non-hydrogen) atoms. The second-order valence-corrected chi connectivity index (χ2v) is 3.96. The number of hydrogen-bond donors (Lipinski definition) is 1. The summed E-state index contributed by atoms with van der Waals surface area (Å²) in [6, 6.07) is 10.3. The molecule has 0 aliphatic heterocycles. The van der Waals surface area contributed by atoms with E-state index in [4.69, 9.17) is 5.26 Å². The van der Waals surface area contributed by atoms with Crippen LogP contribution in [0.4, 0.5) is 0 Å². The van der Waals surface area contributed by atoms with Crippen molar-refractivity contribution in [3.63, 3.8) is 0 Å². The summed E-state index contributed by atoms with van der Waals surface area (Å²) in [6.45, 7) is 6.69. The molecule has 0 aromatic heterocycles. The van der Waals surface area contributed by atoms with Crippen molar-refractivity contribution in [1.82, 2.24) is 5.32 Å². The molecule has 2 nitrogen and oxygen atoms in total. The number of nitriles is 1. The molecule has 0 spiro atoms. The quantitative estimate of drug-likeness (QED) is 0.739. The van der Waals surface area contributed by atoms with Crippen molar-refractivity contribution in [2.45, 2.75) is 32.4 Å². The van der Waals surface area contributed by atoms with E-state index < -0.39 is 0 Å². The number of nitrogens with one attached hydrogen (secondary N) is 1. The molecule has 0 fully saturated rings. The van der Waals surface area contributed by atoms with Crippen molar-refractivity contribution < 1.29 is 0 Å². The highest BCUT2D eigenvalue weighted by Crippen LogP contribution is 2.05. The number of allylic oxidation sites excluding steroid dienone is 1. The highest BCUT2D eigenvalue weighted by atomic mass is 14.9. The van der Waals surface area contributed by atoms with Gasteiger partial charge in [-0.15, -0.1) is 6.58 Å². The van der Waals surface area contributed by atoms with Gasteiger partial charge in [0.1, 0.15) is 0 Å². The number of rotatable bonds is 6. The monoisotopic (exact) mass is 214 g/mol. The van der Waals surface area contributed by atoms with E-state index in [1.807, 2.05) is 30.3 Å². The average Bonchev–Trinajstić information content (AvgIpc) is 2.34. The van der Waals surface area contributed by atoms with Crippen LogP contribution in [-0.2, 0) is 6.54 Å². The minimum atomic E-state index is 0.476. The largest absolute Gasteiger partial charge is 0.310 e. The van der Waals surface area contributed by atoms with E-state index in [0.717, 1.165) is 30.5 Å². The Morgan fingerprint density at radius 1 is 1.56 bits per heavy atom. The van der Waals surface area contributed by atoms with Crippen LogP contribution >= 0.6 is 0 Å². The summed E-state index contributed by atoms with van der Waals surface area (Å²) in [6.07, 6.45) is 4.07. The Labute approximate surface area is 97.6 Å². The van der Waals surface area contributed by atoms with Crippen molar-refractivity contribution in [2.24, 2.45) is 0 Å². The van der Waals surface area contributed by atoms with Crippen molar-refractivity contribution in [3.05, 3.63) is 48.0 Å². The summed E-state index contributed by atoms with van der Waals surface area (Å²) < 4.78 is 0. The van der Waals surface area contributed by atoms with E-state index >= 15 is 0 Å². The predicted molar refractivity (Wildman–Crippen MR) is 66.9 cm³/mol. The van der Waals surface area contributed by atoms with Gasteiger partial charge in [-0.1, -0.05) is 18.2 Å². The van der Waals surface area contributed by atoms with Gasteiger partial charge in [-0.25, -0.2) is 0 Å². The molecule has 1 atom stereocenters. The zero-order valence-electron chi connectivity index (χ0n) is 9.74. The number of nitrogens with zero attached hydrogens (tertiary/aromatic N) is 1. The molecular weight excluding hydrogens is 196 g/mol. The Hall–Kier alpha value is -1.59. The van der Waals surface area contributed by atoms with Gasteiger partial charge in [0.15, 0.2) is 0 Å². The SMILES string of the molecule is C=CCCC(C)NCc1cccc(C#N)c1. The minimum Gasteiger partial charge on any atom is -0.310 e. The molecule has 0 saturated carbocycles. The first kappa shape index (κ1) is 12.5. The van der Waals surface area contributed by atoms with Crippen LogP contribution in [0.1, 0.15) is 30.9 Å². The smallest absolute Gasteiger partial charge is 0.0991 e. The minimum absolute atomic E-state index is 0.476.